The van der Waals surface area contributed by atoms with Crippen LogP contribution in [-0.2, 0) is 4.79 Å². The maximum Gasteiger partial charge on any atom is 0.239 e. The fourth-order valence-corrected chi connectivity index (χ4v) is 4.10. The summed E-state index contributed by atoms with van der Waals surface area (Å²) in [5.41, 5.74) is 0.761. The highest BCUT2D eigenvalue weighted by Gasteiger charge is 2.36. The highest BCUT2D eigenvalue weighted by molar-refractivity contribution is 8.00. The molecule has 0 N–H and O–H groups in total. The molecule has 1 amide bonds. The fourth-order valence-electron chi connectivity index (χ4n) is 2.13. The predicted octanol–water partition coefficient (Wildman–Crippen LogP) is 4.17. The van der Waals surface area contributed by atoms with Crippen molar-refractivity contribution in [3.05, 3.63) is 58.2 Å². The monoisotopic (exact) mass is 324 g/mol. The van der Waals surface area contributed by atoms with E-state index in [1.165, 1.54) is 11.8 Å². The van der Waals surface area contributed by atoms with Crippen LogP contribution in [0.2, 0.25) is 10.0 Å². The van der Waals surface area contributed by atoms with E-state index in [0.29, 0.717) is 21.6 Å². The Morgan fingerprint density at radius 2 is 1.90 bits per heavy atom. The number of halogens is 2. The number of amides is 1. The SMILES string of the molecule is O=C1CS[C@H](c2c(Cl)cccc2Cl)N1c1ccccn1. The maximum atomic E-state index is 12.2. The molecule has 1 atom stereocenters. The molecule has 0 spiro atoms. The molecule has 0 aliphatic carbocycles. The third kappa shape index (κ3) is 2.39. The average Bonchev–Trinajstić information content (AvgIpc) is 2.81. The molecular weight excluding hydrogens is 315 g/mol. The lowest BCUT2D eigenvalue weighted by Crippen LogP contribution is -2.28. The summed E-state index contributed by atoms with van der Waals surface area (Å²) in [5.74, 6) is 1.01. The summed E-state index contributed by atoms with van der Waals surface area (Å²) in [6, 6.07) is 10.8. The number of aromatic nitrogens is 1. The number of benzene rings is 1. The first-order valence-electron chi connectivity index (χ1n) is 5.97. The Hall–Kier alpha value is -1.23. The summed E-state index contributed by atoms with van der Waals surface area (Å²) in [5, 5.41) is 0.884. The molecule has 102 valence electrons. The zero-order chi connectivity index (χ0) is 14.1. The molecule has 2 aromatic rings. The quantitative estimate of drug-likeness (QED) is 0.831. The van der Waals surface area contributed by atoms with Crippen molar-refractivity contribution in [3.63, 3.8) is 0 Å². The van der Waals surface area contributed by atoms with Crippen molar-refractivity contribution in [2.75, 3.05) is 10.7 Å². The van der Waals surface area contributed by atoms with E-state index in [-0.39, 0.29) is 11.3 Å². The minimum Gasteiger partial charge on any atom is -0.279 e. The number of hydrogen-bond donors (Lipinski definition) is 0. The molecule has 6 heteroatoms. The molecule has 0 unspecified atom stereocenters. The molecule has 1 aliphatic heterocycles. The molecule has 1 aromatic heterocycles. The average molecular weight is 325 g/mol. The van der Waals surface area contributed by atoms with Gasteiger partial charge in [0.05, 0.1) is 5.75 Å². The lowest BCUT2D eigenvalue weighted by Gasteiger charge is -2.24. The van der Waals surface area contributed by atoms with Gasteiger partial charge in [0.1, 0.15) is 11.2 Å². The largest absolute Gasteiger partial charge is 0.279 e. The van der Waals surface area contributed by atoms with Crippen LogP contribution in [0.5, 0.6) is 0 Å². The molecule has 0 radical (unpaired) electrons. The van der Waals surface area contributed by atoms with Gasteiger partial charge in [0.2, 0.25) is 5.91 Å². The lowest BCUT2D eigenvalue weighted by molar-refractivity contribution is -0.115. The van der Waals surface area contributed by atoms with Gasteiger partial charge in [-0.2, -0.15) is 0 Å². The summed E-state index contributed by atoms with van der Waals surface area (Å²) in [6.45, 7) is 0. The molecule has 2 heterocycles. The highest BCUT2D eigenvalue weighted by Crippen LogP contribution is 2.45. The van der Waals surface area contributed by atoms with E-state index in [4.69, 9.17) is 23.2 Å². The van der Waals surface area contributed by atoms with Crippen LogP contribution >= 0.6 is 35.0 Å². The molecule has 1 fully saturated rings. The van der Waals surface area contributed by atoms with Crippen molar-refractivity contribution in [2.45, 2.75) is 5.37 Å². The van der Waals surface area contributed by atoms with E-state index < -0.39 is 0 Å². The molecule has 1 saturated heterocycles. The van der Waals surface area contributed by atoms with Crippen LogP contribution in [0, 0.1) is 0 Å². The second-order valence-corrected chi connectivity index (χ2v) is 6.13. The third-order valence-corrected chi connectivity index (χ3v) is 4.85. The summed E-state index contributed by atoms with van der Waals surface area (Å²) >= 11 is 14.0. The van der Waals surface area contributed by atoms with Crippen LogP contribution in [0.1, 0.15) is 10.9 Å². The number of carbonyl (C=O) groups is 1. The van der Waals surface area contributed by atoms with E-state index in [9.17, 15) is 4.79 Å². The van der Waals surface area contributed by atoms with Gasteiger partial charge in [0.25, 0.3) is 0 Å². The third-order valence-electron chi connectivity index (χ3n) is 3.01. The lowest BCUT2D eigenvalue weighted by atomic mass is 10.2. The Morgan fingerprint density at radius 1 is 1.15 bits per heavy atom. The Morgan fingerprint density at radius 3 is 2.55 bits per heavy atom. The van der Waals surface area contributed by atoms with Crippen molar-refractivity contribution in [1.82, 2.24) is 4.98 Å². The summed E-state index contributed by atoms with van der Waals surface area (Å²) in [7, 11) is 0. The van der Waals surface area contributed by atoms with E-state index in [1.807, 2.05) is 18.2 Å². The second-order valence-electron chi connectivity index (χ2n) is 4.25. The second kappa shape index (κ2) is 5.64. The van der Waals surface area contributed by atoms with Crippen LogP contribution < -0.4 is 4.90 Å². The number of rotatable bonds is 2. The van der Waals surface area contributed by atoms with Crippen molar-refractivity contribution in [1.29, 1.82) is 0 Å². The van der Waals surface area contributed by atoms with Crippen molar-refractivity contribution < 1.29 is 4.79 Å². The Kier molecular flexibility index (Phi) is 3.87. The van der Waals surface area contributed by atoms with E-state index >= 15 is 0 Å². The molecule has 3 nitrogen and oxygen atoms in total. The van der Waals surface area contributed by atoms with Gasteiger partial charge in [-0.3, -0.25) is 9.69 Å². The maximum absolute atomic E-state index is 12.2. The zero-order valence-electron chi connectivity index (χ0n) is 10.3. The first kappa shape index (κ1) is 13.7. The van der Waals surface area contributed by atoms with Crippen molar-refractivity contribution in [3.8, 4) is 0 Å². The van der Waals surface area contributed by atoms with E-state index in [1.54, 1.807) is 29.3 Å². The number of pyridine rings is 1. The van der Waals surface area contributed by atoms with Gasteiger partial charge in [0.15, 0.2) is 0 Å². The van der Waals surface area contributed by atoms with Gasteiger partial charge in [0, 0.05) is 21.8 Å². The van der Waals surface area contributed by atoms with Gasteiger partial charge in [-0.25, -0.2) is 4.98 Å². The van der Waals surface area contributed by atoms with Crippen LogP contribution in [-0.4, -0.2) is 16.6 Å². The number of nitrogens with zero attached hydrogens (tertiary/aromatic N) is 2. The molecule has 20 heavy (non-hydrogen) atoms. The number of carbonyl (C=O) groups excluding carboxylic acids is 1. The van der Waals surface area contributed by atoms with Crippen LogP contribution in [0.3, 0.4) is 0 Å². The predicted molar refractivity (Wildman–Crippen MR) is 83.4 cm³/mol. The Balaban J connectivity index is 2.07. The standard InChI is InChI=1S/C14H10Cl2N2OS/c15-9-4-3-5-10(16)13(9)14-18(12(19)8-20-14)11-6-1-2-7-17-11/h1-7,14H,8H2/t14-/m1/s1. The summed E-state index contributed by atoms with van der Waals surface area (Å²) < 4.78 is 0. The smallest absolute Gasteiger partial charge is 0.239 e. The number of anilines is 1. The number of thioether (sulfide) groups is 1. The topological polar surface area (TPSA) is 33.2 Å². The molecule has 0 bridgehead atoms. The van der Waals surface area contributed by atoms with Gasteiger partial charge in [-0.05, 0) is 24.3 Å². The van der Waals surface area contributed by atoms with E-state index in [0.717, 1.165) is 5.56 Å². The fraction of sp³-hybridized carbons (Fsp3) is 0.143. The summed E-state index contributed by atoms with van der Waals surface area (Å²) in [6.07, 6.45) is 1.66. The van der Waals surface area contributed by atoms with Crippen LogP contribution in [0.4, 0.5) is 5.82 Å². The van der Waals surface area contributed by atoms with Crippen molar-refractivity contribution in [2.24, 2.45) is 0 Å². The first-order valence-corrected chi connectivity index (χ1v) is 7.77. The first-order chi connectivity index (χ1) is 9.68. The van der Waals surface area contributed by atoms with Gasteiger partial charge in [-0.15, -0.1) is 11.8 Å². The van der Waals surface area contributed by atoms with Gasteiger partial charge < -0.3 is 0 Å². The van der Waals surface area contributed by atoms with E-state index in [2.05, 4.69) is 4.98 Å². The summed E-state index contributed by atoms with van der Waals surface area (Å²) in [4.78, 5) is 18.1. The van der Waals surface area contributed by atoms with Crippen LogP contribution in [0.25, 0.3) is 0 Å². The molecule has 3 rings (SSSR count). The number of hydrogen-bond acceptors (Lipinski definition) is 3. The Bertz CT molecular complexity index is 631. The minimum absolute atomic E-state index is 0.00897. The highest BCUT2D eigenvalue weighted by atomic mass is 35.5. The zero-order valence-corrected chi connectivity index (χ0v) is 12.6. The van der Waals surface area contributed by atoms with Gasteiger partial charge in [-0.1, -0.05) is 35.3 Å². The minimum atomic E-state index is -0.237. The van der Waals surface area contributed by atoms with Crippen LogP contribution in [0.15, 0.2) is 42.6 Å². The van der Waals surface area contributed by atoms with Gasteiger partial charge >= 0.3 is 0 Å². The molecule has 1 aliphatic rings. The molecule has 1 aromatic carbocycles. The van der Waals surface area contributed by atoms with Crippen molar-refractivity contribution >= 4 is 46.7 Å². The molecule has 0 saturated carbocycles. The molecular formula is C14H10Cl2N2OS. The normalized spacial score (nSPS) is 18.6. The Labute approximate surface area is 130 Å².